The number of nitrogens with one attached hydrogen (secondary N) is 1. The second kappa shape index (κ2) is 5.31. The molecule has 0 aromatic heterocycles. The molecule has 1 saturated carbocycles. The van der Waals surface area contributed by atoms with Crippen molar-refractivity contribution >= 4 is 27.4 Å². The number of sulfonamides is 1. The Morgan fingerprint density at radius 2 is 1.70 bits per heavy atom. The number of thiocarbonyl (C=S) groups is 1. The lowest BCUT2D eigenvalue weighted by atomic mass is 9.86. The number of hydrogen-bond donors (Lipinski definition) is 1. The Morgan fingerprint density at radius 1 is 1.13 bits per heavy atom. The molecule has 4 nitrogen and oxygen atoms in total. The van der Waals surface area contributed by atoms with Crippen LogP contribution in [0.5, 0.6) is 0 Å². The van der Waals surface area contributed by atoms with Crippen LogP contribution in [0, 0.1) is 30.6 Å². The van der Waals surface area contributed by atoms with Crippen molar-refractivity contribution in [3.8, 4) is 0 Å². The summed E-state index contributed by atoms with van der Waals surface area (Å²) in [6, 6.07) is 6.81. The minimum atomic E-state index is -3.60. The maximum Gasteiger partial charge on any atom is 0.263 e. The molecule has 2 bridgehead atoms. The topological polar surface area (TPSA) is 49.4 Å². The van der Waals surface area contributed by atoms with E-state index in [1.165, 1.54) is 6.42 Å². The number of fused-ring (bicyclic) bond motifs is 5. The molecular formula is C17H20N2O2S2. The van der Waals surface area contributed by atoms with E-state index in [9.17, 15) is 8.42 Å². The third kappa shape index (κ3) is 2.58. The first-order valence-electron chi connectivity index (χ1n) is 8.01. The summed E-state index contributed by atoms with van der Waals surface area (Å²) in [4.78, 5) is 2.29. The molecule has 6 heteroatoms. The van der Waals surface area contributed by atoms with Gasteiger partial charge in [0.1, 0.15) is 0 Å². The number of nitrogens with zero attached hydrogens (tertiary/aromatic N) is 1. The average molecular weight is 348 g/mol. The maximum absolute atomic E-state index is 12.5. The molecule has 1 N–H and O–H groups in total. The summed E-state index contributed by atoms with van der Waals surface area (Å²) in [5, 5.41) is 0.333. The number of likely N-dealkylation sites (tertiary alicyclic amines) is 1. The number of rotatable bonds is 2. The van der Waals surface area contributed by atoms with Gasteiger partial charge in [0.2, 0.25) is 0 Å². The summed E-state index contributed by atoms with van der Waals surface area (Å²) in [5.74, 6) is 2.58. The zero-order valence-corrected chi connectivity index (χ0v) is 14.6. The second-order valence-corrected chi connectivity index (χ2v) is 8.97. The van der Waals surface area contributed by atoms with Crippen LogP contribution in [0.25, 0.3) is 0 Å². The molecule has 0 amide bonds. The van der Waals surface area contributed by atoms with Crippen molar-refractivity contribution in [3.63, 3.8) is 0 Å². The van der Waals surface area contributed by atoms with Gasteiger partial charge >= 0.3 is 0 Å². The third-order valence-corrected chi connectivity index (χ3v) is 7.35. The summed E-state index contributed by atoms with van der Waals surface area (Å²) >= 11 is 5.38. The van der Waals surface area contributed by atoms with Gasteiger partial charge in [-0.1, -0.05) is 29.8 Å². The predicted molar refractivity (Wildman–Crippen MR) is 93.4 cm³/mol. The highest BCUT2D eigenvalue weighted by molar-refractivity contribution is 7.91. The van der Waals surface area contributed by atoms with E-state index in [2.05, 4.69) is 16.9 Å². The van der Waals surface area contributed by atoms with Crippen molar-refractivity contribution in [2.45, 2.75) is 18.2 Å². The molecular weight excluding hydrogens is 328 g/mol. The Labute approximate surface area is 142 Å². The molecule has 4 atom stereocenters. The van der Waals surface area contributed by atoms with Gasteiger partial charge in [-0.2, -0.15) is 0 Å². The molecule has 0 spiro atoms. The van der Waals surface area contributed by atoms with Crippen molar-refractivity contribution in [2.75, 3.05) is 13.1 Å². The number of aryl methyl sites for hydroxylation is 1. The fourth-order valence-electron chi connectivity index (χ4n) is 4.27. The Kier molecular flexibility index (Phi) is 3.50. The van der Waals surface area contributed by atoms with Crippen LogP contribution in [0.1, 0.15) is 12.0 Å². The van der Waals surface area contributed by atoms with E-state index in [1.807, 2.05) is 11.8 Å². The van der Waals surface area contributed by atoms with Crippen LogP contribution in [-0.2, 0) is 10.0 Å². The van der Waals surface area contributed by atoms with Gasteiger partial charge in [-0.25, -0.2) is 8.42 Å². The molecule has 1 aromatic carbocycles. The molecule has 122 valence electrons. The number of benzene rings is 1. The van der Waals surface area contributed by atoms with Crippen molar-refractivity contribution < 1.29 is 8.42 Å². The van der Waals surface area contributed by atoms with E-state index in [4.69, 9.17) is 12.2 Å². The highest BCUT2D eigenvalue weighted by Crippen LogP contribution is 2.51. The van der Waals surface area contributed by atoms with Crippen LogP contribution in [-0.4, -0.2) is 31.5 Å². The van der Waals surface area contributed by atoms with E-state index >= 15 is 0 Å². The lowest BCUT2D eigenvalue weighted by Gasteiger charge is -2.22. The zero-order valence-electron chi connectivity index (χ0n) is 13.0. The highest BCUT2D eigenvalue weighted by atomic mass is 32.2. The Morgan fingerprint density at radius 3 is 2.26 bits per heavy atom. The fourth-order valence-corrected chi connectivity index (χ4v) is 5.72. The molecule has 2 fully saturated rings. The van der Waals surface area contributed by atoms with Crippen molar-refractivity contribution in [2.24, 2.45) is 23.7 Å². The zero-order chi connectivity index (χ0) is 16.2. The van der Waals surface area contributed by atoms with Gasteiger partial charge in [-0.15, -0.1) is 0 Å². The first kappa shape index (κ1) is 15.1. The normalized spacial score (nSPS) is 31.4. The van der Waals surface area contributed by atoms with Gasteiger partial charge in [-0.3, -0.25) is 4.72 Å². The minimum Gasteiger partial charge on any atom is -0.348 e. The molecule has 4 rings (SSSR count). The summed E-state index contributed by atoms with van der Waals surface area (Å²) in [6.07, 6.45) is 5.93. The lowest BCUT2D eigenvalue weighted by molar-refractivity contribution is 0.395. The molecule has 23 heavy (non-hydrogen) atoms. The minimum absolute atomic E-state index is 0.256. The smallest absolute Gasteiger partial charge is 0.263 e. The van der Waals surface area contributed by atoms with Gasteiger partial charge in [0, 0.05) is 13.1 Å². The molecule has 2 aliphatic carbocycles. The third-order valence-electron chi connectivity index (χ3n) is 5.50. The largest absolute Gasteiger partial charge is 0.348 e. The van der Waals surface area contributed by atoms with Gasteiger partial charge in [0.05, 0.1) is 4.90 Å². The average Bonchev–Trinajstić information content (AvgIpc) is 3.20. The van der Waals surface area contributed by atoms with E-state index in [0.29, 0.717) is 28.8 Å². The predicted octanol–water partition coefficient (Wildman–Crippen LogP) is 2.31. The highest BCUT2D eigenvalue weighted by Gasteiger charge is 2.49. The van der Waals surface area contributed by atoms with Crippen LogP contribution >= 0.6 is 12.2 Å². The summed E-state index contributed by atoms with van der Waals surface area (Å²) < 4.78 is 27.5. The standard InChI is InChI=1S/C17H20N2O2S2/c1-11-2-6-14(7-3-11)23(20,21)18-17(22)19-9-15-12-4-5-13(8-12)16(15)10-19/h2-7,12-13,15-16H,8-10H2,1H3,(H,18,22)/t12-,13-,15+,16+/m0/s1. The molecule has 0 radical (unpaired) electrons. The SMILES string of the molecule is Cc1ccc(S(=O)(=O)NC(=S)N2C[C@H]3[C@H](C2)[C@H]2C=C[C@H]3C2)cc1. The molecule has 3 aliphatic rings. The summed E-state index contributed by atoms with van der Waals surface area (Å²) in [7, 11) is -3.60. The summed E-state index contributed by atoms with van der Waals surface area (Å²) in [6.45, 7) is 3.66. The summed E-state index contributed by atoms with van der Waals surface area (Å²) in [5.41, 5.74) is 1.03. The van der Waals surface area contributed by atoms with Crippen LogP contribution in [0.4, 0.5) is 0 Å². The van der Waals surface area contributed by atoms with Crippen molar-refractivity contribution in [3.05, 3.63) is 42.0 Å². The van der Waals surface area contributed by atoms with Gasteiger partial charge in [0.15, 0.2) is 5.11 Å². The van der Waals surface area contributed by atoms with E-state index < -0.39 is 10.0 Å². The Hall–Kier alpha value is -1.40. The van der Waals surface area contributed by atoms with Gasteiger partial charge in [0.25, 0.3) is 10.0 Å². The van der Waals surface area contributed by atoms with Crippen molar-refractivity contribution in [1.29, 1.82) is 0 Å². The van der Waals surface area contributed by atoms with Crippen LogP contribution < -0.4 is 4.72 Å². The Balaban J connectivity index is 1.45. The molecule has 1 aliphatic heterocycles. The molecule has 1 aromatic rings. The van der Waals surface area contributed by atoms with E-state index in [0.717, 1.165) is 18.7 Å². The molecule has 0 unspecified atom stereocenters. The van der Waals surface area contributed by atoms with Crippen molar-refractivity contribution in [1.82, 2.24) is 9.62 Å². The van der Waals surface area contributed by atoms with Crippen LogP contribution in [0.2, 0.25) is 0 Å². The van der Waals surface area contributed by atoms with E-state index in [1.54, 1.807) is 24.3 Å². The Bertz CT molecular complexity index is 750. The lowest BCUT2D eigenvalue weighted by Crippen LogP contribution is -2.42. The number of hydrogen-bond acceptors (Lipinski definition) is 3. The molecule has 1 saturated heterocycles. The quantitative estimate of drug-likeness (QED) is 0.658. The second-order valence-electron chi connectivity index (χ2n) is 6.90. The van der Waals surface area contributed by atoms with E-state index in [-0.39, 0.29) is 4.90 Å². The first-order chi connectivity index (χ1) is 10.9. The van der Waals surface area contributed by atoms with Gasteiger partial charge in [-0.05, 0) is 61.4 Å². The molecule has 1 heterocycles. The monoisotopic (exact) mass is 348 g/mol. The fraction of sp³-hybridized carbons (Fsp3) is 0.471. The van der Waals surface area contributed by atoms with Crippen LogP contribution in [0.15, 0.2) is 41.3 Å². The van der Waals surface area contributed by atoms with Gasteiger partial charge < -0.3 is 4.90 Å². The van der Waals surface area contributed by atoms with Crippen LogP contribution in [0.3, 0.4) is 0 Å². The number of allylic oxidation sites excluding steroid dienone is 2. The maximum atomic E-state index is 12.5. The first-order valence-corrected chi connectivity index (χ1v) is 9.90.